The molecular weight excluding hydrogens is 434 g/mol. The van der Waals surface area contributed by atoms with Crippen LogP contribution in [-0.2, 0) is 14.2 Å². The molecule has 0 aromatic carbocycles. The molecule has 9 nitrogen and oxygen atoms in total. The summed E-state index contributed by atoms with van der Waals surface area (Å²) in [5, 5.41) is 4.35. The standard InChI is InChI=1S/C22H32F2N6O3/c1-21(2)32-18-16(11-29-8-7-22(23,24)9-13(29)10-28(3)4)31-17(19(18)33-21)14-5-6-15-20(25)26-12-27-30(14)15/h5-6,12-13,16-19H,7-11H2,1-4H3,(H2,25,26,27)/t13-,16+,17-,18+,19-/m0/s1. The first-order chi connectivity index (χ1) is 15.5. The number of nitrogens with two attached hydrogens (primary N) is 1. The molecule has 3 aliphatic rings. The number of hydrogen-bond acceptors (Lipinski definition) is 8. The molecule has 0 bridgehead atoms. The first kappa shape index (κ1) is 22.9. The van der Waals surface area contributed by atoms with Crippen LogP contribution in [0, 0.1) is 0 Å². The summed E-state index contributed by atoms with van der Waals surface area (Å²) in [5.74, 6) is -3.03. The minimum Gasteiger partial charge on any atom is -0.382 e. The number of likely N-dealkylation sites (tertiary alicyclic amines) is 1. The molecule has 5 heterocycles. The third-order valence-electron chi connectivity index (χ3n) is 6.76. The van der Waals surface area contributed by atoms with Crippen molar-refractivity contribution in [2.24, 2.45) is 0 Å². The highest BCUT2D eigenvalue weighted by atomic mass is 19.3. The second-order valence-corrected chi connectivity index (χ2v) is 10.1. The average Bonchev–Trinajstić information content (AvgIpc) is 3.35. The molecule has 11 heteroatoms. The smallest absolute Gasteiger partial charge is 0.250 e. The van der Waals surface area contributed by atoms with Crippen LogP contribution in [0.25, 0.3) is 5.52 Å². The molecule has 0 aliphatic carbocycles. The van der Waals surface area contributed by atoms with Gasteiger partial charge in [-0.25, -0.2) is 18.3 Å². The number of halogens is 2. The van der Waals surface area contributed by atoms with Gasteiger partial charge in [0.1, 0.15) is 36.3 Å². The molecule has 33 heavy (non-hydrogen) atoms. The molecule has 3 fully saturated rings. The normalized spacial score (nSPS) is 33.7. The number of piperidine rings is 1. The van der Waals surface area contributed by atoms with Gasteiger partial charge in [-0.1, -0.05) is 0 Å². The molecule has 182 valence electrons. The summed E-state index contributed by atoms with van der Waals surface area (Å²) >= 11 is 0. The lowest BCUT2D eigenvalue weighted by molar-refractivity contribution is -0.192. The number of fused-ring (bicyclic) bond motifs is 2. The third kappa shape index (κ3) is 4.32. The van der Waals surface area contributed by atoms with Crippen LogP contribution in [0.2, 0.25) is 0 Å². The summed E-state index contributed by atoms with van der Waals surface area (Å²) in [6.07, 6.45) is -0.331. The number of alkyl halides is 2. The van der Waals surface area contributed by atoms with E-state index >= 15 is 0 Å². The number of likely N-dealkylation sites (N-methyl/N-ethyl adjacent to an activating group) is 1. The van der Waals surface area contributed by atoms with Crippen LogP contribution < -0.4 is 5.73 Å². The molecule has 0 saturated carbocycles. The number of nitrogens with zero attached hydrogens (tertiary/aromatic N) is 5. The van der Waals surface area contributed by atoms with Crippen molar-refractivity contribution < 1.29 is 23.0 Å². The Morgan fingerprint density at radius 1 is 1.21 bits per heavy atom. The fourth-order valence-corrected chi connectivity index (χ4v) is 5.39. The average molecular weight is 467 g/mol. The van der Waals surface area contributed by atoms with Gasteiger partial charge in [0.25, 0.3) is 5.92 Å². The minimum absolute atomic E-state index is 0.149. The van der Waals surface area contributed by atoms with Crippen molar-refractivity contribution in [1.29, 1.82) is 0 Å². The van der Waals surface area contributed by atoms with E-state index in [-0.39, 0.29) is 37.2 Å². The van der Waals surface area contributed by atoms with E-state index in [1.54, 1.807) is 4.52 Å². The van der Waals surface area contributed by atoms with Crippen LogP contribution in [0.3, 0.4) is 0 Å². The predicted molar refractivity (Wildman–Crippen MR) is 117 cm³/mol. The summed E-state index contributed by atoms with van der Waals surface area (Å²) < 4.78 is 49.1. The number of aromatic nitrogens is 3. The highest BCUT2D eigenvalue weighted by Crippen LogP contribution is 2.46. The number of rotatable bonds is 5. The van der Waals surface area contributed by atoms with Crippen molar-refractivity contribution in [2.75, 3.05) is 39.5 Å². The Kier molecular flexibility index (Phi) is 5.60. The monoisotopic (exact) mass is 466 g/mol. The molecule has 2 N–H and O–H groups in total. The van der Waals surface area contributed by atoms with Crippen LogP contribution in [-0.4, -0.2) is 94.2 Å². The van der Waals surface area contributed by atoms with Crippen molar-refractivity contribution in [3.63, 3.8) is 0 Å². The first-order valence-corrected chi connectivity index (χ1v) is 11.4. The molecule has 0 unspecified atom stereocenters. The fourth-order valence-electron chi connectivity index (χ4n) is 5.39. The number of ether oxygens (including phenoxy) is 3. The fraction of sp³-hybridized carbons (Fsp3) is 0.727. The molecule has 0 radical (unpaired) electrons. The van der Waals surface area contributed by atoms with Crippen LogP contribution in [0.15, 0.2) is 18.5 Å². The van der Waals surface area contributed by atoms with E-state index in [2.05, 4.69) is 15.0 Å². The van der Waals surface area contributed by atoms with E-state index in [1.807, 2.05) is 45.0 Å². The molecule has 2 aromatic heterocycles. The largest absolute Gasteiger partial charge is 0.382 e. The van der Waals surface area contributed by atoms with Gasteiger partial charge >= 0.3 is 0 Å². The summed E-state index contributed by atoms with van der Waals surface area (Å²) in [6, 6.07) is 3.51. The van der Waals surface area contributed by atoms with Gasteiger partial charge < -0.3 is 24.8 Å². The van der Waals surface area contributed by atoms with Gasteiger partial charge in [0.2, 0.25) is 0 Å². The molecule has 0 amide bonds. The Morgan fingerprint density at radius 2 is 1.97 bits per heavy atom. The van der Waals surface area contributed by atoms with Crippen molar-refractivity contribution in [2.45, 2.75) is 68.9 Å². The molecule has 5 rings (SSSR count). The maximum absolute atomic E-state index is 14.2. The second-order valence-electron chi connectivity index (χ2n) is 10.1. The van der Waals surface area contributed by atoms with E-state index in [0.717, 1.165) is 5.69 Å². The second kappa shape index (κ2) is 8.09. The van der Waals surface area contributed by atoms with Crippen molar-refractivity contribution in [3.05, 3.63) is 24.2 Å². The quantitative estimate of drug-likeness (QED) is 0.715. The highest BCUT2D eigenvalue weighted by Gasteiger charge is 2.57. The van der Waals surface area contributed by atoms with Gasteiger partial charge in [0, 0.05) is 38.5 Å². The van der Waals surface area contributed by atoms with Crippen molar-refractivity contribution in [1.82, 2.24) is 24.4 Å². The molecule has 5 atom stereocenters. The summed E-state index contributed by atoms with van der Waals surface area (Å²) in [5.41, 5.74) is 7.50. The zero-order chi connectivity index (χ0) is 23.5. The third-order valence-corrected chi connectivity index (χ3v) is 6.76. The maximum atomic E-state index is 14.2. The number of anilines is 1. The SMILES string of the molecule is CN(C)C[C@@H]1CC(F)(F)CCN1C[C@H]1O[C@@H](c2ccc3c(N)ncnn23)[C@@H]2OC(C)(C)O[C@@H]21. The molecule has 3 saturated heterocycles. The van der Waals surface area contributed by atoms with Crippen molar-refractivity contribution in [3.8, 4) is 0 Å². The van der Waals surface area contributed by atoms with Gasteiger partial charge in [-0.2, -0.15) is 5.10 Å². The van der Waals surface area contributed by atoms with Crippen molar-refractivity contribution >= 4 is 11.3 Å². The Balaban J connectivity index is 1.42. The minimum atomic E-state index is -2.64. The topological polar surface area (TPSA) is 90.4 Å². The Hall–Kier alpha value is -1.92. The lowest BCUT2D eigenvalue weighted by atomic mass is 9.96. The van der Waals surface area contributed by atoms with Crippen LogP contribution in [0.5, 0.6) is 0 Å². The summed E-state index contributed by atoms with van der Waals surface area (Å²) in [4.78, 5) is 8.12. The maximum Gasteiger partial charge on any atom is 0.250 e. The summed E-state index contributed by atoms with van der Waals surface area (Å²) in [7, 11) is 3.82. The summed E-state index contributed by atoms with van der Waals surface area (Å²) in [6.45, 7) is 5.13. The van der Waals surface area contributed by atoms with Gasteiger partial charge in [0.05, 0.1) is 5.69 Å². The van der Waals surface area contributed by atoms with Gasteiger partial charge in [-0.15, -0.1) is 0 Å². The van der Waals surface area contributed by atoms with Gasteiger partial charge in [-0.05, 0) is 40.1 Å². The van der Waals surface area contributed by atoms with E-state index in [4.69, 9.17) is 19.9 Å². The predicted octanol–water partition coefficient (Wildman–Crippen LogP) is 1.93. The lowest BCUT2D eigenvalue weighted by Crippen LogP contribution is -2.54. The molecule has 2 aromatic rings. The lowest BCUT2D eigenvalue weighted by Gasteiger charge is -2.41. The van der Waals surface area contributed by atoms with Crippen LogP contribution in [0.1, 0.15) is 38.5 Å². The number of hydrogen-bond donors (Lipinski definition) is 1. The Labute approximate surface area is 191 Å². The zero-order valence-electron chi connectivity index (χ0n) is 19.4. The highest BCUT2D eigenvalue weighted by molar-refractivity contribution is 5.65. The Morgan fingerprint density at radius 3 is 2.73 bits per heavy atom. The Bertz CT molecular complexity index is 1020. The van der Waals surface area contributed by atoms with E-state index in [1.165, 1.54) is 6.33 Å². The van der Waals surface area contributed by atoms with Gasteiger partial charge in [0.15, 0.2) is 11.6 Å². The van der Waals surface area contributed by atoms with Crippen LogP contribution in [0.4, 0.5) is 14.6 Å². The first-order valence-electron chi connectivity index (χ1n) is 11.4. The molecule has 3 aliphatic heterocycles. The zero-order valence-corrected chi connectivity index (χ0v) is 19.4. The van der Waals surface area contributed by atoms with Gasteiger partial charge in [-0.3, -0.25) is 4.90 Å². The molecule has 0 spiro atoms. The van der Waals surface area contributed by atoms with E-state index in [0.29, 0.717) is 31.0 Å². The van der Waals surface area contributed by atoms with Crippen LogP contribution >= 0.6 is 0 Å². The molecular formula is C22H32F2N6O3. The van der Waals surface area contributed by atoms with E-state index in [9.17, 15) is 8.78 Å². The number of nitrogen functional groups attached to an aromatic ring is 1. The van der Waals surface area contributed by atoms with E-state index < -0.39 is 17.8 Å².